The van der Waals surface area contributed by atoms with E-state index in [2.05, 4.69) is 20.6 Å². The van der Waals surface area contributed by atoms with Crippen molar-refractivity contribution in [1.29, 1.82) is 0 Å². The van der Waals surface area contributed by atoms with Gasteiger partial charge in [0.15, 0.2) is 0 Å². The van der Waals surface area contributed by atoms with E-state index < -0.39 is 0 Å². The SMILES string of the molecule is CCOc1ccccc1Nc1ccnc(Nc2cccc(Cl)c2C)n1. The molecule has 0 unspecified atom stereocenters. The van der Waals surface area contributed by atoms with E-state index in [4.69, 9.17) is 16.3 Å². The van der Waals surface area contributed by atoms with E-state index in [9.17, 15) is 0 Å². The van der Waals surface area contributed by atoms with Gasteiger partial charge in [0.2, 0.25) is 5.95 Å². The minimum atomic E-state index is 0.490. The van der Waals surface area contributed by atoms with Crippen LogP contribution in [0, 0.1) is 6.92 Å². The molecule has 0 saturated carbocycles. The number of anilines is 4. The summed E-state index contributed by atoms with van der Waals surface area (Å²) in [4.78, 5) is 8.77. The van der Waals surface area contributed by atoms with Crippen LogP contribution >= 0.6 is 11.6 Å². The van der Waals surface area contributed by atoms with Crippen molar-refractivity contribution in [2.75, 3.05) is 17.2 Å². The van der Waals surface area contributed by atoms with Crippen LogP contribution in [0.1, 0.15) is 12.5 Å². The molecule has 0 aliphatic carbocycles. The molecule has 1 aromatic heterocycles. The summed E-state index contributed by atoms with van der Waals surface area (Å²) in [6.45, 7) is 4.51. The van der Waals surface area contributed by atoms with Crippen molar-refractivity contribution in [1.82, 2.24) is 9.97 Å². The number of nitrogens with one attached hydrogen (secondary N) is 2. The molecule has 0 radical (unpaired) electrons. The average molecular weight is 355 g/mol. The van der Waals surface area contributed by atoms with E-state index in [0.29, 0.717) is 23.4 Å². The molecule has 25 heavy (non-hydrogen) atoms. The molecule has 0 aliphatic heterocycles. The lowest BCUT2D eigenvalue weighted by Gasteiger charge is -2.13. The number of benzene rings is 2. The Morgan fingerprint density at radius 1 is 1.00 bits per heavy atom. The highest BCUT2D eigenvalue weighted by Gasteiger charge is 2.07. The Bertz CT molecular complexity index is 870. The average Bonchev–Trinajstić information content (AvgIpc) is 2.61. The van der Waals surface area contributed by atoms with Crippen molar-refractivity contribution in [2.24, 2.45) is 0 Å². The van der Waals surface area contributed by atoms with Crippen LogP contribution < -0.4 is 15.4 Å². The van der Waals surface area contributed by atoms with Crippen molar-refractivity contribution >= 4 is 34.7 Å². The van der Waals surface area contributed by atoms with Gasteiger partial charge in [0.25, 0.3) is 0 Å². The number of nitrogens with zero attached hydrogens (tertiary/aromatic N) is 2. The molecule has 0 spiro atoms. The zero-order chi connectivity index (χ0) is 17.6. The third kappa shape index (κ3) is 4.19. The van der Waals surface area contributed by atoms with Crippen LogP contribution in [-0.4, -0.2) is 16.6 Å². The van der Waals surface area contributed by atoms with Crippen LogP contribution in [0.2, 0.25) is 5.02 Å². The first kappa shape index (κ1) is 17.0. The summed E-state index contributed by atoms with van der Waals surface area (Å²) in [7, 11) is 0. The fraction of sp³-hybridized carbons (Fsp3) is 0.158. The van der Waals surface area contributed by atoms with Crippen molar-refractivity contribution in [3.8, 4) is 5.75 Å². The van der Waals surface area contributed by atoms with E-state index >= 15 is 0 Å². The van der Waals surface area contributed by atoms with E-state index in [1.165, 1.54) is 0 Å². The third-order valence-electron chi connectivity index (χ3n) is 3.62. The predicted octanol–water partition coefficient (Wildman–Crippen LogP) is 5.32. The Kier molecular flexibility index (Phi) is 5.36. The molecular weight excluding hydrogens is 336 g/mol. The number of para-hydroxylation sites is 2. The standard InChI is InChI=1S/C19H19ClN4O/c1-3-25-17-10-5-4-8-16(17)22-18-11-12-21-19(24-18)23-15-9-6-7-14(20)13(15)2/h4-12H,3H2,1-2H3,(H2,21,22,23,24). The van der Waals surface area contributed by atoms with E-state index in [1.54, 1.807) is 12.3 Å². The largest absolute Gasteiger partial charge is 0.492 e. The molecule has 5 nitrogen and oxygen atoms in total. The van der Waals surface area contributed by atoms with Crippen molar-refractivity contribution in [2.45, 2.75) is 13.8 Å². The van der Waals surface area contributed by atoms with Crippen LogP contribution in [0.25, 0.3) is 0 Å². The summed E-state index contributed by atoms with van der Waals surface area (Å²) in [5.41, 5.74) is 2.68. The summed E-state index contributed by atoms with van der Waals surface area (Å²) in [5.74, 6) is 1.94. The first-order valence-corrected chi connectivity index (χ1v) is 8.39. The number of hydrogen-bond donors (Lipinski definition) is 2. The molecule has 3 rings (SSSR count). The Balaban J connectivity index is 1.81. The maximum atomic E-state index is 6.16. The highest BCUT2D eigenvalue weighted by Crippen LogP contribution is 2.28. The van der Waals surface area contributed by atoms with E-state index in [1.807, 2.05) is 56.3 Å². The van der Waals surface area contributed by atoms with Crippen molar-refractivity contribution < 1.29 is 4.74 Å². The summed E-state index contributed by atoms with van der Waals surface area (Å²) in [6.07, 6.45) is 1.70. The van der Waals surface area contributed by atoms with Crippen LogP contribution in [-0.2, 0) is 0 Å². The van der Waals surface area contributed by atoms with E-state index in [-0.39, 0.29) is 0 Å². The van der Waals surface area contributed by atoms with Gasteiger partial charge in [-0.2, -0.15) is 4.98 Å². The Hall–Kier alpha value is -2.79. The second kappa shape index (κ2) is 7.85. The molecular formula is C19H19ClN4O. The molecule has 6 heteroatoms. The van der Waals surface area contributed by atoms with Crippen molar-refractivity contribution in [3.05, 3.63) is 65.3 Å². The lowest BCUT2D eigenvalue weighted by Crippen LogP contribution is -2.02. The molecule has 0 saturated heterocycles. The quantitative estimate of drug-likeness (QED) is 0.627. The molecule has 128 valence electrons. The minimum absolute atomic E-state index is 0.490. The van der Waals surface area contributed by atoms with Crippen molar-refractivity contribution in [3.63, 3.8) is 0 Å². The fourth-order valence-electron chi connectivity index (χ4n) is 2.34. The van der Waals surface area contributed by atoms with Crippen LogP contribution in [0.3, 0.4) is 0 Å². The van der Waals surface area contributed by atoms with Gasteiger partial charge in [-0.05, 0) is 49.7 Å². The molecule has 0 atom stereocenters. The lowest BCUT2D eigenvalue weighted by molar-refractivity contribution is 0.342. The minimum Gasteiger partial charge on any atom is -0.492 e. The monoisotopic (exact) mass is 354 g/mol. The predicted molar refractivity (Wildman–Crippen MR) is 102 cm³/mol. The van der Waals surface area contributed by atoms with Gasteiger partial charge < -0.3 is 15.4 Å². The fourth-order valence-corrected chi connectivity index (χ4v) is 2.52. The van der Waals surface area contributed by atoms with Gasteiger partial charge in [0.1, 0.15) is 11.6 Å². The van der Waals surface area contributed by atoms with Gasteiger partial charge in [0, 0.05) is 16.9 Å². The lowest BCUT2D eigenvalue weighted by atomic mass is 10.2. The normalized spacial score (nSPS) is 10.4. The zero-order valence-corrected chi connectivity index (χ0v) is 14.8. The second-order valence-corrected chi connectivity index (χ2v) is 5.76. The topological polar surface area (TPSA) is 59.1 Å². The number of aromatic nitrogens is 2. The molecule has 0 fully saturated rings. The van der Waals surface area contributed by atoms with Gasteiger partial charge in [-0.1, -0.05) is 29.8 Å². The maximum absolute atomic E-state index is 6.16. The highest BCUT2D eigenvalue weighted by molar-refractivity contribution is 6.31. The summed E-state index contributed by atoms with van der Waals surface area (Å²) in [5, 5.41) is 7.17. The molecule has 0 amide bonds. The van der Waals surface area contributed by atoms with Crippen LogP contribution in [0.5, 0.6) is 5.75 Å². The molecule has 2 N–H and O–H groups in total. The molecule has 0 bridgehead atoms. The summed E-state index contributed by atoms with van der Waals surface area (Å²) < 4.78 is 5.63. The Morgan fingerprint density at radius 3 is 2.64 bits per heavy atom. The van der Waals surface area contributed by atoms with Gasteiger partial charge in [-0.25, -0.2) is 4.98 Å². The molecule has 0 aliphatic rings. The molecule has 2 aromatic carbocycles. The number of ether oxygens (including phenoxy) is 1. The molecule has 1 heterocycles. The van der Waals surface area contributed by atoms with Gasteiger partial charge in [-0.15, -0.1) is 0 Å². The maximum Gasteiger partial charge on any atom is 0.229 e. The number of halogens is 1. The number of hydrogen-bond acceptors (Lipinski definition) is 5. The first-order chi connectivity index (χ1) is 12.2. The Labute approximate surface area is 152 Å². The van der Waals surface area contributed by atoms with Gasteiger partial charge in [-0.3, -0.25) is 0 Å². The van der Waals surface area contributed by atoms with Gasteiger partial charge >= 0.3 is 0 Å². The second-order valence-electron chi connectivity index (χ2n) is 5.36. The zero-order valence-electron chi connectivity index (χ0n) is 14.1. The van der Waals surface area contributed by atoms with Gasteiger partial charge in [0.05, 0.1) is 12.3 Å². The van der Waals surface area contributed by atoms with Crippen LogP contribution in [0.15, 0.2) is 54.7 Å². The first-order valence-electron chi connectivity index (χ1n) is 8.01. The molecule has 3 aromatic rings. The smallest absolute Gasteiger partial charge is 0.229 e. The third-order valence-corrected chi connectivity index (χ3v) is 4.03. The summed E-state index contributed by atoms with van der Waals surface area (Å²) >= 11 is 6.16. The number of rotatable bonds is 6. The summed E-state index contributed by atoms with van der Waals surface area (Å²) in [6, 6.07) is 15.2. The Morgan fingerprint density at radius 2 is 1.80 bits per heavy atom. The van der Waals surface area contributed by atoms with Crippen LogP contribution in [0.4, 0.5) is 23.1 Å². The highest BCUT2D eigenvalue weighted by atomic mass is 35.5. The van der Waals surface area contributed by atoms with E-state index in [0.717, 1.165) is 22.7 Å².